The molecule has 6 heteroatoms. The first-order valence-corrected chi connectivity index (χ1v) is 8.38. The summed E-state index contributed by atoms with van der Waals surface area (Å²) in [6, 6.07) is 3.18. The maximum atomic E-state index is 11.9. The maximum absolute atomic E-state index is 11.9. The lowest BCUT2D eigenvalue weighted by Crippen LogP contribution is -2.32. The molecule has 3 rings (SSSR count). The van der Waals surface area contributed by atoms with Gasteiger partial charge in [-0.25, -0.2) is 9.59 Å². The Balaban J connectivity index is 2.12. The Morgan fingerprint density at radius 2 is 2.08 bits per heavy atom. The van der Waals surface area contributed by atoms with E-state index in [2.05, 4.69) is 0 Å². The van der Waals surface area contributed by atoms with Gasteiger partial charge >= 0.3 is 11.6 Å². The summed E-state index contributed by atoms with van der Waals surface area (Å²) >= 11 is 0. The quantitative estimate of drug-likeness (QED) is 0.625. The molecule has 0 unspecified atom stereocenters. The van der Waals surface area contributed by atoms with Crippen molar-refractivity contribution in [2.45, 2.75) is 46.1 Å². The van der Waals surface area contributed by atoms with E-state index in [0.717, 1.165) is 24.0 Å². The lowest BCUT2D eigenvalue weighted by atomic mass is 9.92. The molecule has 0 atom stereocenters. The Hall–Kier alpha value is -2.50. The predicted octanol–water partition coefficient (Wildman–Crippen LogP) is 3.15. The summed E-state index contributed by atoms with van der Waals surface area (Å²) in [6.07, 6.45) is 1.55. The fourth-order valence-corrected chi connectivity index (χ4v) is 3.07. The molecule has 0 aliphatic carbocycles. The lowest BCUT2D eigenvalue weighted by molar-refractivity contribution is -0.145. The zero-order valence-electron chi connectivity index (χ0n) is 14.9. The molecule has 0 amide bonds. The minimum Gasteiger partial charge on any atom is -0.487 e. The molecule has 1 aliphatic rings. The van der Waals surface area contributed by atoms with Crippen LogP contribution in [-0.4, -0.2) is 24.8 Å². The Morgan fingerprint density at radius 3 is 2.80 bits per heavy atom. The van der Waals surface area contributed by atoms with Crippen LogP contribution in [0.4, 0.5) is 0 Å². The van der Waals surface area contributed by atoms with Crippen molar-refractivity contribution in [3.8, 4) is 11.5 Å². The van der Waals surface area contributed by atoms with E-state index < -0.39 is 11.6 Å². The number of benzene rings is 1. The molecule has 0 bridgehead atoms. The molecule has 0 fully saturated rings. The van der Waals surface area contributed by atoms with Gasteiger partial charge in [0.25, 0.3) is 0 Å². The van der Waals surface area contributed by atoms with Crippen molar-refractivity contribution in [2.75, 3.05) is 13.2 Å². The Bertz CT molecular complexity index is 878. The second-order valence-corrected chi connectivity index (χ2v) is 6.76. The van der Waals surface area contributed by atoms with Crippen molar-refractivity contribution in [1.82, 2.24) is 0 Å². The van der Waals surface area contributed by atoms with E-state index in [-0.39, 0.29) is 12.2 Å². The van der Waals surface area contributed by atoms with Crippen LogP contribution in [-0.2, 0) is 16.0 Å². The summed E-state index contributed by atoms with van der Waals surface area (Å²) < 4.78 is 22.1. The maximum Gasteiger partial charge on any atom is 0.344 e. The highest BCUT2D eigenvalue weighted by molar-refractivity contribution is 5.91. The molecule has 1 aromatic carbocycles. The molecule has 6 nitrogen and oxygen atoms in total. The van der Waals surface area contributed by atoms with Gasteiger partial charge in [-0.1, -0.05) is 0 Å². The van der Waals surface area contributed by atoms with E-state index in [1.165, 1.54) is 6.07 Å². The smallest absolute Gasteiger partial charge is 0.344 e. The van der Waals surface area contributed by atoms with E-state index in [0.29, 0.717) is 29.1 Å². The molecule has 0 spiro atoms. The number of carbonyl (C=O) groups is 1. The molecule has 0 saturated heterocycles. The van der Waals surface area contributed by atoms with E-state index in [9.17, 15) is 9.59 Å². The summed E-state index contributed by atoms with van der Waals surface area (Å²) in [5, 5.41) is 0.686. The SMILES string of the molecule is CCOC(=O)COc1cc2c(c3oc(=O)cc(C)c13)CCC(C)(C)O2. The van der Waals surface area contributed by atoms with Gasteiger partial charge in [-0.3, -0.25) is 0 Å². The van der Waals surface area contributed by atoms with Crippen LogP contribution < -0.4 is 15.1 Å². The third-order valence-corrected chi connectivity index (χ3v) is 4.25. The van der Waals surface area contributed by atoms with Gasteiger partial charge < -0.3 is 18.6 Å². The molecule has 1 aromatic heterocycles. The third kappa shape index (κ3) is 3.48. The van der Waals surface area contributed by atoms with Crippen LogP contribution in [0.3, 0.4) is 0 Å². The minimum atomic E-state index is -0.454. The highest BCUT2D eigenvalue weighted by Gasteiger charge is 2.30. The standard InChI is InChI=1S/C19H22O6/c1-5-22-16(21)10-23-14-9-13-12(6-7-19(3,4)25-13)18-17(14)11(2)8-15(20)24-18/h8-9H,5-7,10H2,1-4H3. The summed E-state index contributed by atoms with van der Waals surface area (Å²) in [5.41, 5.74) is 1.33. The normalized spacial score (nSPS) is 15.4. The fourth-order valence-electron chi connectivity index (χ4n) is 3.07. The fraction of sp³-hybridized carbons (Fsp3) is 0.474. The van der Waals surface area contributed by atoms with Crippen molar-refractivity contribution in [3.05, 3.63) is 33.7 Å². The predicted molar refractivity (Wildman–Crippen MR) is 92.4 cm³/mol. The monoisotopic (exact) mass is 346 g/mol. The molecule has 0 radical (unpaired) electrons. The minimum absolute atomic E-state index is 0.219. The number of hydrogen-bond acceptors (Lipinski definition) is 6. The van der Waals surface area contributed by atoms with Crippen molar-refractivity contribution in [1.29, 1.82) is 0 Å². The molecule has 25 heavy (non-hydrogen) atoms. The van der Waals surface area contributed by atoms with Crippen LogP contribution in [0.1, 0.15) is 38.3 Å². The van der Waals surface area contributed by atoms with E-state index >= 15 is 0 Å². The lowest BCUT2D eigenvalue weighted by Gasteiger charge is -2.33. The number of fused-ring (bicyclic) bond motifs is 3. The van der Waals surface area contributed by atoms with Crippen molar-refractivity contribution in [3.63, 3.8) is 0 Å². The summed E-state index contributed by atoms with van der Waals surface area (Å²) in [7, 11) is 0. The van der Waals surface area contributed by atoms with Gasteiger partial charge in [0.15, 0.2) is 6.61 Å². The molecule has 134 valence electrons. The van der Waals surface area contributed by atoms with Crippen molar-refractivity contribution in [2.24, 2.45) is 0 Å². The van der Waals surface area contributed by atoms with Crippen LogP contribution in [0.15, 0.2) is 21.3 Å². The first-order chi connectivity index (χ1) is 11.8. The van der Waals surface area contributed by atoms with Gasteiger partial charge in [0.05, 0.1) is 12.0 Å². The zero-order valence-corrected chi connectivity index (χ0v) is 14.9. The molecule has 1 aliphatic heterocycles. The number of esters is 1. The highest BCUT2D eigenvalue weighted by atomic mass is 16.6. The second-order valence-electron chi connectivity index (χ2n) is 6.76. The largest absolute Gasteiger partial charge is 0.487 e. The Labute approximate surface area is 145 Å². The first kappa shape index (κ1) is 17.3. The van der Waals surface area contributed by atoms with Crippen molar-refractivity contribution < 1.29 is 23.4 Å². The van der Waals surface area contributed by atoms with E-state index in [1.54, 1.807) is 13.0 Å². The van der Waals surface area contributed by atoms with Gasteiger partial charge in [-0.2, -0.15) is 0 Å². The first-order valence-electron chi connectivity index (χ1n) is 8.38. The van der Waals surface area contributed by atoms with Crippen LogP contribution in [0.5, 0.6) is 11.5 Å². The van der Waals surface area contributed by atoms with Gasteiger partial charge in [0, 0.05) is 17.7 Å². The molecule has 2 heterocycles. The average molecular weight is 346 g/mol. The summed E-state index contributed by atoms with van der Waals surface area (Å²) in [6.45, 7) is 7.64. The number of carbonyl (C=O) groups excluding carboxylic acids is 1. The second kappa shape index (κ2) is 6.43. The van der Waals surface area contributed by atoms with Gasteiger partial charge in [-0.05, 0) is 46.1 Å². The molecule has 0 saturated carbocycles. The topological polar surface area (TPSA) is 75.0 Å². The van der Waals surface area contributed by atoms with Gasteiger partial charge in [0.1, 0.15) is 22.7 Å². The molecule has 0 N–H and O–H groups in total. The highest BCUT2D eigenvalue weighted by Crippen LogP contribution is 2.42. The van der Waals surface area contributed by atoms with Crippen molar-refractivity contribution >= 4 is 16.9 Å². The molecular formula is C19H22O6. The summed E-state index contributed by atoms with van der Waals surface area (Å²) in [4.78, 5) is 23.5. The third-order valence-electron chi connectivity index (χ3n) is 4.25. The number of ether oxygens (including phenoxy) is 3. The molecular weight excluding hydrogens is 324 g/mol. The van der Waals surface area contributed by atoms with E-state index in [1.807, 2.05) is 20.8 Å². The van der Waals surface area contributed by atoms with E-state index in [4.69, 9.17) is 18.6 Å². The van der Waals surface area contributed by atoms with Crippen LogP contribution >= 0.6 is 0 Å². The van der Waals surface area contributed by atoms with Gasteiger partial charge in [-0.15, -0.1) is 0 Å². The van der Waals surface area contributed by atoms with Gasteiger partial charge in [0.2, 0.25) is 0 Å². The van der Waals surface area contributed by atoms with Crippen LogP contribution in [0, 0.1) is 6.92 Å². The average Bonchev–Trinajstić information content (AvgIpc) is 2.51. The number of aryl methyl sites for hydroxylation is 2. The summed E-state index contributed by atoms with van der Waals surface area (Å²) in [5.74, 6) is 0.613. The Kier molecular flexibility index (Phi) is 4.45. The van der Waals surface area contributed by atoms with Crippen LogP contribution in [0.2, 0.25) is 0 Å². The zero-order chi connectivity index (χ0) is 18.2. The Morgan fingerprint density at radius 1 is 1.32 bits per heavy atom. The molecule has 2 aromatic rings. The number of hydrogen-bond donors (Lipinski definition) is 0. The van der Waals surface area contributed by atoms with Crippen LogP contribution in [0.25, 0.3) is 11.0 Å². The number of rotatable bonds is 4.